The first-order valence-electron chi connectivity index (χ1n) is 6.45. The highest BCUT2D eigenvalue weighted by Crippen LogP contribution is 2.19. The minimum absolute atomic E-state index is 0.0221. The molecule has 0 atom stereocenters. The first-order valence-corrected chi connectivity index (χ1v) is 6.45. The second-order valence-corrected chi connectivity index (χ2v) is 4.78. The van der Waals surface area contributed by atoms with Crippen molar-refractivity contribution in [3.05, 3.63) is 45.2 Å². The van der Waals surface area contributed by atoms with E-state index in [2.05, 4.69) is 23.3 Å². The van der Waals surface area contributed by atoms with Crippen LogP contribution in [-0.4, -0.2) is 25.2 Å². The van der Waals surface area contributed by atoms with Gasteiger partial charge < -0.3 is 15.0 Å². The number of rotatable bonds is 5. The summed E-state index contributed by atoms with van der Waals surface area (Å²) in [5.41, 5.74) is 3.95. The Balaban J connectivity index is 2.33. The van der Waals surface area contributed by atoms with E-state index >= 15 is 0 Å². The Hall–Kier alpha value is -1.65. The lowest BCUT2D eigenvalue weighted by Crippen LogP contribution is -2.24. The molecule has 0 saturated carbocycles. The molecule has 2 rings (SSSR count). The number of aromatic amines is 1. The second-order valence-electron chi connectivity index (χ2n) is 4.78. The van der Waals surface area contributed by atoms with Gasteiger partial charge in [0, 0.05) is 31.1 Å². The molecule has 0 saturated heterocycles. The van der Waals surface area contributed by atoms with Crippen molar-refractivity contribution in [1.29, 1.82) is 0 Å². The number of methoxy groups -OCH3 is 1. The van der Waals surface area contributed by atoms with Gasteiger partial charge in [-0.05, 0) is 31.0 Å². The molecule has 19 heavy (non-hydrogen) atoms. The molecule has 1 heterocycles. The topological polar surface area (TPSA) is 54.1 Å². The molecule has 2 N–H and O–H groups in total. The highest BCUT2D eigenvalue weighted by atomic mass is 16.5. The third-order valence-electron chi connectivity index (χ3n) is 3.32. The molecule has 1 aromatic carbocycles. The zero-order valence-corrected chi connectivity index (χ0v) is 11.7. The van der Waals surface area contributed by atoms with Crippen LogP contribution in [0.1, 0.15) is 16.7 Å². The van der Waals surface area contributed by atoms with E-state index in [4.69, 9.17) is 4.74 Å². The van der Waals surface area contributed by atoms with Gasteiger partial charge in [0.1, 0.15) is 0 Å². The maximum absolute atomic E-state index is 12.0. The molecule has 102 valence electrons. The summed E-state index contributed by atoms with van der Waals surface area (Å²) in [6.45, 7) is 6.00. The van der Waals surface area contributed by atoms with Crippen molar-refractivity contribution in [2.24, 2.45) is 0 Å². The van der Waals surface area contributed by atoms with Gasteiger partial charge in [-0.25, -0.2) is 0 Å². The second kappa shape index (κ2) is 5.99. The average molecular weight is 260 g/mol. The van der Waals surface area contributed by atoms with Crippen LogP contribution in [0.15, 0.2) is 23.0 Å². The maximum Gasteiger partial charge on any atom is 0.252 e. The first-order chi connectivity index (χ1) is 9.13. The molecule has 4 nitrogen and oxygen atoms in total. The third kappa shape index (κ3) is 3.03. The summed E-state index contributed by atoms with van der Waals surface area (Å²) < 4.78 is 4.97. The van der Waals surface area contributed by atoms with Crippen molar-refractivity contribution in [1.82, 2.24) is 10.3 Å². The summed E-state index contributed by atoms with van der Waals surface area (Å²) in [5.74, 6) is 0. The van der Waals surface area contributed by atoms with Crippen molar-refractivity contribution in [3.63, 3.8) is 0 Å². The molecule has 0 bridgehead atoms. The molecule has 0 aliphatic carbocycles. The zero-order chi connectivity index (χ0) is 13.8. The monoisotopic (exact) mass is 260 g/mol. The Morgan fingerprint density at radius 2 is 2.00 bits per heavy atom. The van der Waals surface area contributed by atoms with Crippen molar-refractivity contribution < 1.29 is 4.74 Å². The molecule has 0 amide bonds. The summed E-state index contributed by atoms with van der Waals surface area (Å²) >= 11 is 0. The van der Waals surface area contributed by atoms with Crippen molar-refractivity contribution in [2.75, 3.05) is 20.3 Å². The zero-order valence-electron chi connectivity index (χ0n) is 11.7. The highest BCUT2D eigenvalue weighted by Gasteiger charge is 2.06. The molecule has 0 unspecified atom stereocenters. The molecule has 4 heteroatoms. The molecule has 0 radical (unpaired) electrons. The van der Waals surface area contributed by atoms with Crippen molar-refractivity contribution in [3.8, 4) is 0 Å². The smallest absolute Gasteiger partial charge is 0.252 e. The van der Waals surface area contributed by atoms with Gasteiger partial charge in [-0.15, -0.1) is 0 Å². The summed E-state index contributed by atoms with van der Waals surface area (Å²) in [4.78, 5) is 15.0. The highest BCUT2D eigenvalue weighted by molar-refractivity contribution is 5.85. The van der Waals surface area contributed by atoms with Crippen LogP contribution in [0.25, 0.3) is 10.9 Å². The van der Waals surface area contributed by atoms with E-state index in [-0.39, 0.29) is 5.56 Å². The van der Waals surface area contributed by atoms with Crippen LogP contribution in [-0.2, 0) is 11.3 Å². The lowest BCUT2D eigenvalue weighted by atomic mass is 10.0. The van der Waals surface area contributed by atoms with E-state index in [1.54, 1.807) is 7.11 Å². The number of hydrogen-bond acceptors (Lipinski definition) is 3. The molecule has 2 aromatic rings. The van der Waals surface area contributed by atoms with Crippen LogP contribution in [0.4, 0.5) is 0 Å². The predicted molar refractivity (Wildman–Crippen MR) is 77.6 cm³/mol. The summed E-state index contributed by atoms with van der Waals surface area (Å²) in [5, 5.41) is 4.31. The van der Waals surface area contributed by atoms with Crippen LogP contribution in [0.5, 0.6) is 0 Å². The van der Waals surface area contributed by atoms with Gasteiger partial charge in [0.2, 0.25) is 0 Å². The molecular formula is C15H20N2O2. The van der Waals surface area contributed by atoms with Crippen LogP contribution in [0.2, 0.25) is 0 Å². The van der Waals surface area contributed by atoms with E-state index in [1.807, 2.05) is 19.1 Å². The standard InChI is InChI=1S/C15H20N2O2/c1-10-4-5-11(2)14-13(10)8-12(15(18)17-14)9-16-6-7-19-3/h4-5,8,16H,6-7,9H2,1-3H3,(H,17,18). The lowest BCUT2D eigenvalue weighted by Gasteiger charge is -2.09. The normalized spacial score (nSPS) is 11.1. The Morgan fingerprint density at radius 3 is 2.74 bits per heavy atom. The lowest BCUT2D eigenvalue weighted by molar-refractivity contribution is 0.199. The van der Waals surface area contributed by atoms with Gasteiger partial charge in [0.15, 0.2) is 0 Å². The average Bonchev–Trinajstić information content (AvgIpc) is 2.40. The van der Waals surface area contributed by atoms with Crippen LogP contribution < -0.4 is 10.9 Å². The minimum Gasteiger partial charge on any atom is -0.383 e. The number of pyridine rings is 1. The van der Waals surface area contributed by atoms with Crippen LogP contribution in [0, 0.1) is 13.8 Å². The first kappa shape index (κ1) is 13.8. The SMILES string of the molecule is COCCNCc1cc2c(C)ccc(C)c2[nH]c1=O. The van der Waals surface area contributed by atoms with Gasteiger partial charge in [-0.1, -0.05) is 12.1 Å². The fourth-order valence-electron chi connectivity index (χ4n) is 2.15. The van der Waals surface area contributed by atoms with Gasteiger partial charge in [-0.3, -0.25) is 4.79 Å². The Kier molecular flexibility index (Phi) is 4.35. The Morgan fingerprint density at radius 1 is 1.26 bits per heavy atom. The summed E-state index contributed by atoms with van der Waals surface area (Å²) in [6.07, 6.45) is 0. The number of H-pyrrole nitrogens is 1. The number of hydrogen-bond donors (Lipinski definition) is 2. The molecule has 0 aliphatic heterocycles. The molecule has 0 fully saturated rings. The third-order valence-corrected chi connectivity index (χ3v) is 3.32. The van der Waals surface area contributed by atoms with E-state index in [0.717, 1.165) is 28.6 Å². The van der Waals surface area contributed by atoms with Gasteiger partial charge in [-0.2, -0.15) is 0 Å². The van der Waals surface area contributed by atoms with Crippen LogP contribution >= 0.6 is 0 Å². The van der Waals surface area contributed by atoms with E-state index in [0.29, 0.717) is 13.2 Å². The summed E-state index contributed by atoms with van der Waals surface area (Å²) in [6, 6.07) is 6.10. The Bertz CT molecular complexity index is 632. The number of nitrogens with one attached hydrogen (secondary N) is 2. The fourth-order valence-corrected chi connectivity index (χ4v) is 2.15. The fraction of sp³-hybridized carbons (Fsp3) is 0.400. The number of aryl methyl sites for hydroxylation is 2. The van der Waals surface area contributed by atoms with E-state index in [1.165, 1.54) is 5.56 Å². The number of ether oxygens (including phenoxy) is 1. The van der Waals surface area contributed by atoms with Crippen molar-refractivity contribution >= 4 is 10.9 Å². The summed E-state index contributed by atoms with van der Waals surface area (Å²) in [7, 11) is 1.66. The molecule has 1 aromatic heterocycles. The van der Waals surface area contributed by atoms with E-state index < -0.39 is 0 Å². The predicted octanol–water partition coefficient (Wildman–Crippen LogP) is 1.88. The minimum atomic E-state index is -0.0221. The van der Waals surface area contributed by atoms with E-state index in [9.17, 15) is 4.79 Å². The number of benzene rings is 1. The van der Waals surface area contributed by atoms with Crippen molar-refractivity contribution in [2.45, 2.75) is 20.4 Å². The molecular weight excluding hydrogens is 240 g/mol. The Labute approximate surface area is 112 Å². The number of aromatic nitrogens is 1. The van der Waals surface area contributed by atoms with Gasteiger partial charge in [0.05, 0.1) is 12.1 Å². The van der Waals surface area contributed by atoms with Crippen LogP contribution in [0.3, 0.4) is 0 Å². The molecule has 0 spiro atoms. The quantitative estimate of drug-likeness (QED) is 0.807. The van der Waals surface area contributed by atoms with Gasteiger partial charge in [0.25, 0.3) is 5.56 Å². The molecule has 0 aliphatic rings. The number of fused-ring (bicyclic) bond motifs is 1. The van der Waals surface area contributed by atoms with Gasteiger partial charge >= 0.3 is 0 Å². The largest absolute Gasteiger partial charge is 0.383 e. The maximum atomic E-state index is 12.0.